The Labute approximate surface area is 165 Å². The van der Waals surface area contributed by atoms with Gasteiger partial charge in [0.1, 0.15) is 11.6 Å². The van der Waals surface area contributed by atoms with Crippen molar-refractivity contribution >= 4 is 11.7 Å². The first-order chi connectivity index (χ1) is 13.6. The fraction of sp³-hybridized carbons (Fsp3) is 0.318. The molecule has 1 aliphatic rings. The van der Waals surface area contributed by atoms with Gasteiger partial charge in [-0.05, 0) is 30.5 Å². The summed E-state index contributed by atoms with van der Waals surface area (Å²) in [6.07, 6.45) is 5.78. The average molecular weight is 375 g/mol. The van der Waals surface area contributed by atoms with E-state index >= 15 is 0 Å². The highest BCUT2D eigenvalue weighted by Gasteiger charge is 2.24. The van der Waals surface area contributed by atoms with Crippen LogP contribution in [-0.4, -0.2) is 52.9 Å². The highest BCUT2D eigenvalue weighted by molar-refractivity contribution is 5.93. The molecule has 1 saturated heterocycles. The third-order valence-electron chi connectivity index (χ3n) is 5.21. The average Bonchev–Trinajstić information content (AvgIpc) is 3.24. The number of nitrogens with zero attached hydrogens (tertiary/aromatic N) is 4. The Hall–Kier alpha value is -3.15. The third kappa shape index (κ3) is 3.76. The van der Waals surface area contributed by atoms with Gasteiger partial charge in [-0.2, -0.15) is 0 Å². The van der Waals surface area contributed by atoms with E-state index in [0.717, 1.165) is 48.8 Å². The summed E-state index contributed by atoms with van der Waals surface area (Å²) in [5, 5.41) is 0. The van der Waals surface area contributed by atoms with Crippen LogP contribution in [0.5, 0.6) is 0 Å². The number of hydrogen-bond acceptors (Lipinski definition) is 4. The molecule has 1 fully saturated rings. The summed E-state index contributed by atoms with van der Waals surface area (Å²) < 4.78 is 0. The zero-order valence-electron chi connectivity index (χ0n) is 16.3. The molecular formula is C22H25N5O. The summed E-state index contributed by atoms with van der Waals surface area (Å²) in [5.41, 5.74) is 2.81. The van der Waals surface area contributed by atoms with Gasteiger partial charge in [0.15, 0.2) is 0 Å². The second-order valence-electron chi connectivity index (χ2n) is 7.44. The molecule has 0 bridgehead atoms. The van der Waals surface area contributed by atoms with E-state index in [1.165, 1.54) is 0 Å². The first-order valence-corrected chi connectivity index (χ1v) is 9.65. The zero-order chi connectivity index (χ0) is 19.5. The monoisotopic (exact) mass is 375 g/mol. The smallest absolute Gasteiger partial charge is 0.254 e. The normalized spacial score (nSPS) is 16.8. The molecule has 4 rings (SSSR count). The van der Waals surface area contributed by atoms with E-state index in [-0.39, 0.29) is 5.91 Å². The molecule has 1 N–H and O–H groups in total. The molecule has 3 heterocycles. The Morgan fingerprint density at radius 2 is 1.93 bits per heavy atom. The maximum atomic E-state index is 12.0. The molecule has 28 heavy (non-hydrogen) atoms. The van der Waals surface area contributed by atoms with Crippen LogP contribution in [-0.2, 0) is 0 Å². The van der Waals surface area contributed by atoms with Crippen molar-refractivity contribution in [2.45, 2.75) is 18.8 Å². The predicted octanol–water partition coefficient (Wildman–Crippen LogP) is 3.56. The van der Waals surface area contributed by atoms with Crippen LogP contribution in [0.4, 0.5) is 5.82 Å². The number of benzene rings is 1. The van der Waals surface area contributed by atoms with E-state index in [0.29, 0.717) is 11.5 Å². The molecule has 6 nitrogen and oxygen atoms in total. The number of amides is 1. The van der Waals surface area contributed by atoms with Crippen LogP contribution in [0.1, 0.15) is 34.9 Å². The molecule has 0 saturated carbocycles. The summed E-state index contributed by atoms with van der Waals surface area (Å²) in [7, 11) is 3.50. The van der Waals surface area contributed by atoms with E-state index < -0.39 is 0 Å². The van der Waals surface area contributed by atoms with Gasteiger partial charge in [-0.1, -0.05) is 30.3 Å². The number of pyridine rings is 1. The minimum Gasteiger partial charge on any atom is -0.356 e. The third-order valence-corrected chi connectivity index (χ3v) is 5.21. The van der Waals surface area contributed by atoms with Gasteiger partial charge in [0.2, 0.25) is 0 Å². The van der Waals surface area contributed by atoms with Gasteiger partial charge in [-0.25, -0.2) is 9.97 Å². The highest BCUT2D eigenvalue weighted by atomic mass is 16.2. The van der Waals surface area contributed by atoms with Crippen molar-refractivity contribution in [1.82, 2.24) is 19.9 Å². The van der Waals surface area contributed by atoms with E-state index in [1.807, 2.05) is 36.5 Å². The van der Waals surface area contributed by atoms with Crippen molar-refractivity contribution in [3.05, 3.63) is 66.2 Å². The Morgan fingerprint density at radius 1 is 1.11 bits per heavy atom. The molecule has 6 heteroatoms. The lowest BCUT2D eigenvalue weighted by molar-refractivity contribution is 0.0827. The zero-order valence-corrected chi connectivity index (χ0v) is 16.3. The number of carbonyl (C=O) groups excluding carboxylic acids is 1. The molecule has 1 unspecified atom stereocenters. The number of rotatable bonds is 4. The molecule has 3 aromatic rings. The van der Waals surface area contributed by atoms with Gasteiger partial charge in [0, 0.05) is 39.3 Å². The number of nitrogens with one attached hydrogen (secondary N) is 1. The molecular weight excluding hydrogens is 350 g/mol. The lowest BCUT2D eigenvalue weighted by Gasteiger charge is -2.32. The summed E-state index contributed by atoms with van der Waals surface area (Å²) in [4.78, 5) is 28.6. The fourth-order valence-corrected chi connectivity index (χ4v) is 3.67. The van der Waals surface area contributed by atoms with Gasteiger partial charge in [0.25, 0.3) is 5.91 Å². The minimum absolute atomic E-state index is 0.0282. The van der Waals surface area contributed by atoms with Crippen LogP contribution in [0.2, 0.25) is 0 Å². The Kier molecular flexibility index (Phi) is 5.10. The molecule has 0 radical (unpaired) electrons. The number of H-pyrrole nitrogens is 1. The number of carbonyl (C=O) groups is 1. The van der Waals surface area contributed by atoms with Crippen LogP contribution < -0.4 is 4.90 Å². The molecule has 0 aliphatic carbocycles. The van der Waals surface area contributed by atoms with E-state index in [9.17, 15) is 4.79 Å². The van der Waals surface area contributed by atoms with Gasteiger partial charge in [0.05, 0.1) is 17.5 Å². The standard InChI is InChI=1S/C22H25N5O/c1-26(2)22(28)17-10-11-20(23-13-17)27-12-6-9-18(15-27)21-24-14-19(25-21)16-7-4-3-5-8-16/h3-5,7-8,10-11,13-14,18H,6,9,12,15H2,1-2H3,(H,24,25). The van der Waals surface area contributed by atoms with Gasteiger partial charge < -0.3 is 14.8 Å². The van der Waals surface area contributed by atoms with Crippen molar-refractivity contribution < 1.29 is 4.79 Å². The molecule has 1 atom stereocenters. The summed E-state index contributed by atoms with van der Waals surface area (Å²) in [5.74, 6) is 2.26. The van der Waals surface area contributed by atoms with E-state index in [2.05, 4.69) is 32.0 Å². The Morgan fingerprint density at radius 3 is 2.64 bits per heavy atom. The SMILES string of the molecule is CN(C)C(=O)c1ccc(N2CCCC(c3ncc(-c4ccccc4)[nH]3)C2)nc1. The summed E-state index contributed by atoms with van der Waals surface area (Å²) in [6.45, 7) is 1.84. The number of aromatic amines is 1. The van der Waals surface area contributed by atoms with Crippen molar-refractivity contribution in [3.8, 4) is 11.3 Å². The van der Waals surface area contributed by atoms with Gasteiger partial charge >= 0.3 is 0 Å². The van der Waals surface area contributed by atoms with Crippen molar-refractivity contribution in [1.29, 1.82) is 0 Å². The quantitative estimate of drug-likeness (QED) is 0.757. The second-order valence-corrected chi connectivity index (χ2v) is 7.44. The van der Waals surface area contributed by atoms with Crippen molar-refractivity contribution in [3.63, 3.8) is 0 Å². The number of anilines is 1. The fourth-order valence-electron chi connectivity index (χ4n) is 3.67. The molecule has 2 aromatic heterocycles. The molecule has 144 valence electrons. The number of imidazole rings is 1. The molecule has 1 aromatic carbocycles. The van der Waals surface area contributed by atoms with Crippen LogP contribution in [0.15, 0.2) is 54.9 Å². The highest BCUT2D eigenvalue weighted by Crippen LogP contribution is 2.29. The topological polar surface area (TPSA) is 65.1 Å². The Balaban J connectivity index is 1.48. The molecule has 1 amide bonds. The summed E-state index contributed by atoms with van der Waals surface area (Å²) >= 11 is 0. The van der Waals surface area contributed by atoms with Crippen LogP contribution in [0.25, 0.3) is 11.3 Å². The lowest BCUT2D eigenvalue weighted by Crippen LogP contribution is -2.35. The Bertz CT molecular complexity index is 933. The molecule has 1 aliphatic heterocycles. The van der Waals surface area contributed by atoms with Crippen LogP contribution in [0.3, 0.4) is 0 Å². The maximum Gasteiger partial charge on any atom is 0.254 e. The first kappa shape index (κ1) is 18.2. The van der Waals surface area contributed by atoms with E-state index in [4.69, 9.17) is 0 Å². The number of hydrogen-bond donors (Lipinski definition) is 1. The lowest BCUT2D eigenvalue weighted by atomic mass is 9.97. The second kappa shape index (κ2) is 7.84. The van der Waals surface area contributed by atoms with Crippen molar-refractivity contribution in [2.75, 3.05) is 32.1 Å². The van der Waals surface area contributed by atoms with Crippen LogP contribution >= 0.6 is 0 Å². The first-order valence-electron chi connectivity index (χ1n) is 9.65. The van der Waals surface area contributed by atoms with Gasteiger partial charge in [-0.15, -0.1) is 0 Å². The van der Waals surface area contributed by atoms with E-state index in [1.54, 1.807) is 25.2 Å². The van der Waals surface area contributed by atoms with Crippen LogP contribution in [0, 0.1) is 0 Å². The van der Waals surface area contributed by atoms with Crippen molar-refractivity contribution in [2.24, 2.45) is 0 Å². The largest absolute Gasteiger partial charge is 0.356 e. The predicted molar refractivity (Wildman–Crippen MR) is 110 cm³/mol. The number of piperidine rings is 1. The summed E-state index contributed by atoms with van der Waals surface area (Å²) in [6, 6.07) is 14.1. The molecule has 0 spiro atoms. The maximum absolute atomic E-state index is 12.0. The van der Waals surface area contributed by atoms with Gasteiger partial charge in [-0.3, -0.25) is 4.79 Å². The number of aromatic nitrogens is 3. The minimum atomic E-state index is -0.0282.